The van der Waals surface area contributed by atoms with Crippen LogP contribution in [0.2, 0.25) is 0 Å². The molecule has 0 spiro atoms. The number of hydrogen-bond donors (Lipinski definition) is 1. The molecule has 2 aliphatic heterocycles. The molecule has 0 aliphatic carbocycles. The van der Waals surface area contributed by atoms with E-state index in [1.54, 1.807) is 23.8 Å². The lowest BCUT2D eigenvalue weighted by Crippen LogP contribution is -2.57. The second-order valence-corrected chi connectivity index (χ2v) is 13.2. The first-order valence-corrected chi connectivity index (χ1v) is 16.4. The summed E-state index contributed by atoms with van der Waals surface area (Å²) >= 11 is 0. The molecule has 2 heterocycles. The van der Waals surface area contributed by atoms with E-state index in [0.717, 1.165) is 37.8 Å². The molecule has 1 aromatic rings. The lowest BCUT2D eigenvalue weighted by atomic mass is 9.96. The second-order valence-electron chi connectivity index (χ2n) is 13.2. The second kappa shape index (κ2) is 16.2. The van der Waals surface area contributed by atoms with Crippen LogP contribution in [-0.4, -0.2) is 89.7 Å². The Bertz CT molecular complexity index is 1170. The molecule has 244 valence electrons. The summed E-state index contributed by atoms with van der Waals surface area (Å²) in [6.07, 6.45) is 6.24. The van der Waals surface area contributed by atoms with E-state index in [0.29, 0.717) is 25.0 Å². The van der Waals surface area contributed by atoms with Gasteiger partial charge in [-0.05, 0) is 70.0 Å². The number of hydrogen-bond acceptors (Lipinski definition) is 6. The van der Waals surface area contributed by atoms with Gasteiger partial charge >= 0.3 is 5.97 Å². The number of rotatable bonds is 12. The predicted molar refractivity (Wildman–Crippen MR) is 172 cm³/mol. The predicted octanol–water partition coefficient (Wildman–Crippen LogP) is 4.73. The average Bonchev–Trinajstić information content (AvgIpc) is 3.50. The molecule has 9 nitrogen and oxygen atoms in total. The van der Waals surface area contributed by atoms with Crippen LogP contribution in [0.1, 0.15) is 91.7 Å². The zero-order valence-corrected chi connectivity index (χ0v) is 28.0. The topological polar surface area (TPSA) is 99.3 Å². The van der Waals surface area contributed by atoms with Gasteiger partial charge in [0.25, 0.3) is 0 Å². The molecule has 0 bridgehead atoms. The molecule has 5 atom stereocenters. The number of amides is 3. The number of carbonyl (C=O) groups excluding carboxylic acids is 4. The van der Waals surface area contributed by atoms with Gasteiger partial charge in [0.1, 0.15) is 18.2 Å². The monoisotopic (exact) mass is 610 g/mol. The first-order chi connectivity index (χ1) is 20.9. The Kier molecular flexibility index (Phi) is 13.0. The summed E-state index contributed by atoms with van der Waals surface area (Å²) in [5.74, 6) is -1.00. The summed E-state index contributed by atoms with van der Waals surface area (Å²) < 4.78 is 5.91. The van der Waals surface area contributed by atoms with Gasteiger partial charge in [-0.1, -0.05) is 77.4 Å². The molecule has 2 fully saturated rings. The molecule has 1 unspecified atom stereocenters. The summed E-state index contributed by atoms with van der Waals surface area (Å²) in [5, 5.41) is 3.04. The molecule has 0 radical (unpaired) electrons. The van der Waals surface area contributed by atoms with Crippen LogP contribution in [0.5, 0.6) is 0 Å². The molecule has 1 N–H and O–H groups in total. The zero-order chi connectivity index (χ0) is 32.6. The highest BCUT2D eigenvalue weighted by Crippen LogP contribution is 2.27. The summed E-state index contributed by atoms with van der Waals surface area (Å²) in [6, 6.07) is 7.73. The van der Waals surface area contributed by atoms with Crippen molar-refractivity contribution in [2.75, 3.05) is 27.2 Å². The fourth-order valence-electron chi connectivity index (χ4n) is 6.37. The van der Waals surface area contributed by atoms with Crippen LogP contribution < -0.4 is 5.32 Å². The number of benzene rings is 1. The number of piperidine rings is 1. The lowest BCUT2D eigenvalue weighted by molar-refractivity contribution is -0.157. The van der Waals surface area contributed by atoms with Crippen molar-refractivity contribution in [3.05, 3.63) is 47.5 Å². The van der Waals surface area contributed by atoms with E-state index in [1.165, 1.54) is 0 Å². The molecule has 2 aliphatic rings. The van der Waals surface area contributed by atoms with E-state index in [2.05, 4.69) is 10.2 Å². The molecule has 1 aromatic carbocycles. The van der Waals surface area contributed by atoms with Crippen LogP contribution in [0.15, 0.2) is 42.0 Å². The molecule has 2 saturated heterocycles. The number of carbonyl (C=O) groups is 4. The van der Waals surface area contributed by atoms with Gasteiger partial charge in [-0.3, -0.25) is 19.3 Å². The Labute approximate surface area is 264 Å². The maximum Gasteiger partial charge on any atom is 0.329 e. The van der Waals surface area contributed by atoms with E-state index in [1.807, 2.05) is 78.1 Å². The van der Waals surface area contributed by atoms with E-state index in [-0.39, 0.29) is 53.7 Å². The number of esters is 1. The smallest absolute Gasteiger partial charge is 0.329 e. The average molecular weight is 611 g/mol. The van der Waals surface area contributed by atoms with E-state index >= 15 is 0 Å². The van der Waals surface area contributed by atoms with Gasteiger partial charge in [-0.25, -0.2) is 4.79 Å². The molecular formula is C35H54N4O5. The van der Waals surface area contributed by atoms with Crippen molar-refractivity contribution >= 4 is 23.7 Å². The van der Waals surface area contributed by atoms with Gasteiger partial charge in [0.15, 0.2) is 0 Å². The van der Waals surface area contributed by atoms with Crippen molar-refractivity contribution in [1.29, 1.82) is 0 Å². The SMILES string of the molecule is CC[C@H](OC(=O)C1CCCN1C(=O)/C(C)=C/[C@H](C(C)C)N(C)C(=O)[C@@H](NC(=O)[C@H]1CCCCN1C)C(C)C)c1ccccc1. The molecule has 3 rings (SSSR count). The van der Waals surface area contributed by atoms with Crippen LogP contribution in [0, 0.1) is 11.8 Å². The van der Waals surface area contributed by atoms with Crippen molar-refractivity contribution in [2.24, 2.45) is 11.8 Å². The van der Waals surface area contributed by atoms with Crippen molar-refractivity contribution in [3.8, 4) is 0 Å². The fourth-order valence-corrected chi connectivity index (χ4v) is 6.37. The minimum absolute atomic E-state index is 0.00946. The molecule has 9 heteroatoms. The summed E-state index contributed by atoms with van der Waals surface area (Å²) in [5.41, 5.74) is 1.41. The summed E-state index contributed by atoms with van der Waals surface area (Å²) in [4.78, 5) is 59.4. The molecular weight excluding hydrogens is 556 g/mol. The van der Waals surface area contributed by atoms with E-state index < -0.39 is 12.1 Å². The summed E-state index contributed by atoms with van der Waals surface area (Å²) in [6.45, 7) is 12.9. The maximum atomic E-state index is 13.8. The van der Waals surface area contributed by atoms with Crippen molar-refractivity contribution in [3.63, 3.8) is 0 Å². The Balaban J connectivity index is 1.73. The van der Waals surface area contributed by atoms with Crippen molar-refractivity contribution in [2.45, 2.75) is 110 Å². The Morgan fingerprint density at radius 2 is 1.64 bits per heavy atom. The number of likely N-dealkylation sites (tertiary alicyclic amines) is 2. The van der Waals surface area contributed by atoms with Crippen LogP contribution in [0.4, 0.5) is 0 Å². The quantitative estimate of drug-likeness (QED) is 0.272. The Morgan fingerprint density at radius 1 is 0.977 bits per heavy atom. The molecule has 0 saturated carbocycles. The molecule has 3 amide bonds. The van der Waals surface area contributed by atoms with Gasteiger partial charge in [0, 0.05) is 19.2 Å². The minimum atomic E-state index is -0.678. The maximum absolute atomic E-state index is 13.8. The molecule has 44 heavy (non-hydrogen) atoms. The third-order valence-electron chi connectivity index (χ3n) is 9.13. The number of likely N-dealkylation sites (N-methyl/N-ethyl adjacent to an activating group) is 2. The molecule has 0 aromatic heterocycles. The largest absolute Gasteiger partial charge is 0.456 e. The first-order valence-electron chi connectivity index (χ1n) is 16.4. The van der Waals surface area contributed by atoms with E-state index in [4.69, 9.17) is 4.74 Å². The van der Waals surface area contributed by atoms with Gasteiger partial charge in [0.05, 0.1) is 12.1 Å². The summed E-state index contributed by atoms with van der Waals surface area (Å²) in [7, 11) is 3.69. The minimum Gasteiger partial charge on any atom is -0.456 e. The zero-order valence-electron chi connectivity index (χ0n) is 28.0. The van der Waals surface area contributed by atoms with Crippen molar-refractivity contribution < 1.29 is 23.9 Å². The lowest BCUT2D eigenvalue weighted by Gasteiger charge is -2.36. The number of ether oxygens (including phenoxy) is 1. The third kappa shape index (κ3) is 8.71. The van der Waals surface area contributed by atoms with Crippen LogP contribution in [0.25, 0.3) is 0 Å². The third-order valence-corrected chi connectivity index (χ3v) is 9.13. The first kappa shape index (κ1) is 35.3. The van der Waals surface area contributed by atoms with Crippen LogP contribution in [0.3, 0.4) is 0 Å². The van der Waals surface area contributed by atoms with Crippen LogP contribution >= 0.6 is 0 Å². The van der Waals surface area contributed by atoms with Crippen molar-refractivity contribution in [1.82, 2.24) is 20.0 Å². The van der Waals surface area contributed by atoms with Gasteiger partial charge < -0.3 is 19.9 Å². The van der Waals surface area contributed by atoms with E-state index in [9.17, 15) is 19.2 Å². The number of nitrogens with zero attached hydrogens (tertiary/aromatic N) is 3. The van der Waals surface area contributed by atoms with Gasteiger partial charge in [-0.2, -0.15) is 0 Å². The normalized spacial score (nSPS) is 21.6. The van der Waals surface area contributed by atoms with Gasteiger partial charge in [-0.15, -0.1) is 0 Å². The highest BCUT2D eigenvalue weighted by Gasteiger charge is 2.38. The fraction of sp³-hybridized carbons (Fsp3) is 0.657. The van der Waals surface area contributed by atoms with Crippen LogP contribution in [-0.2, 0) is 23.9 Å². The Hall–Kier alpha value is -3.20. The number of nitrogens with one attached hydrogen (secondary N) is 1. The highest BCUT2D eigenvalue weighted by atomic mass is 16.5. The standard InChI is InChI=1S/C35H54N4O5/c1-9-30(26-16-11-10-12-17-26)44-35(43)28-19-15-21-39(28)33(41)25(6)22-29(23(2)3)38(8)34(42)31(24(4)5)36-32(40)27-18-13-14-20-37(27)7/h10-12,16-17,22-24,27-31H,9,13-15,18-21H2,1-8H3,(H,36,40)/b25-22+/t27-,28?,29-,30+,31+/m1/s1. The highest BCUT2D eigenvalue weighted by molar-refractivity contribution is 5.96. The Morgan fingerprint density at radius 3 is 2.23 bits per heavy atom. The van der Waals surface area contributed by atoms with Gasteiger partial charge in [0.2, 0.25) is 17.7 Å².